The minimum atomic E-state index is -4.37. The van der Waals surface area contributed by atoms with Crippen molar-refractivity contribution >= 4 is 34.6 Å². The maximum Gasteiger partial charge on any atom is 0.416 e. The predicted molar refractivity (Wildman–Crippen MR) is 96.9 cm³/mol. The second-order valence-corrected chi connectivity index (χ2v) is 6.97. The molecule has 2 heterocycles. The number of fused-ring (bicyclic) bond motifs is 1. The van der Waals surface area contributed by atoms with Gasteiger partial charge in [0, 0.05) is 12.2 Å². The number of halogens is 3. The van der Waals surface area contributed by atoms with Crippen LogP contribution < -0.4 is 4.90 Å². The number of thioether (sulfide) groups is 1. The van der Waals surface area contributed by atoms with E-state index in [1.165, 1.54) is 29.5 Å². The number of amidine groups is 1. The molecule has 4 rings (SSSR count). The first-order chi connectivity index (χ1) is 12.4. The summed E-state index contributed by atoms with van der Waals surface area (Å²) in [5.74, 6) is -0.366. The number of hydrogen-bond donors (Lipinski definition) is 0. The molecule has 132 valence electrons. The van der Waals surface area contributed by atoms with E-state index in [2.05, 4.69) is 11.1 Å². The van der Waals surface area contributed by atoms with E-state index in [1.54, 1.807) is 6.08 Å². The van der Waals surface area contributed by atoms with Crippen molar-refractivity contribution < 1.29 is 18.0 Å². The van der Waals surface area contributed by atoms with Gasteiger partial charge in [-0.1, -0.05) is 30.3 Å². The minimum absolute atomic E-state index is 0.366. The Bertz CT molecular complexity index is 933. The molecule has 26 heavy (non-hydrogen) atoms. The van der Waals surface area contributed by atoms with Gasteiger partial charge in [0.2, 0.25) is 0 Å². The number of rotatable bonds is 1. The van der Waals surface area contributed by atoms with Crippen LogP contribution >= 0.6 is 11.8 Å². The van der Waals surface area contributed by atoms with Gasteiger partial charge >= 0.3 is 6.18 Å². The third-order valence-corrected chi connectivity index (χ3v) is 5.27. The lowest BCUT2D eigenvalue weighted by Crippen LogP contribution is -2.24. The smallest absolute Gasteiger partial charge is 0.320 e. The van der Waals surface area contributed by atoms with E-state index in [1.807, 2.05) is 23.1 Å². The van der Waals surface area contributed by atoms with Crippen molar-refractivity contribution in [2.45, 2.75) is 12.6 Å². The Morgan fingerprint density at radius 1 is 1.08 bits per heavy atom. The molecular formula is C19H13F3N2OS. The first-order valence-corrected chi connectivity index (χ1v) is 8.79. The molecule has 0 N–H and O–H groups in total. The first-order valence-electron chi connectivity index (χ1n) is 7.97. The Labute approximate surface area is 152 Å². The lowest BCUT2D eigenvalue weighted by atomic mass is 10.1. The van der Waals surface area contributed by atoms with Crippen LogP contribution in [0, 0.1) is 0 Å². The van der Waals surface area contributed by atoms with Gasteiger partial charge in [0.05, 0.1) is 10.5 Å². The number of nitrogens with zero attached hydrogens (tertiary/aromatic N) is 2. The van der Waals surface area contributed by atoms with Crippen LogP contribution in [0.5, 0.6) is 0 Å². The van der Waals surface area contributed by atoms with Gasteiger partial charge in [0.25, 0.3) is 5.91 Å². The Morgan fingerprint density at radius 3 is 2.54 bits per heavy atom. The highest BCUT2D eigenvalue weighted by Crippen LogP contribution is 2.36. The molecular weight excluding hydrogens is 361 g/mol. The molecule has 0 fully saturated rings. The monoisotopic (exact) mass is 374 g/mol. The summed E-state index contributed by atoms with van der Waals surface area (Å²) >= 11 is 1.25. The van der Waals surface area contributed by atoms with Crippen LogP contribution in [0.15, 0.2) is 58.4 Å². The van der Waals surface area contributed by atoms with Crippen molar-refractivity contribution in [2.75, 3.05) is 11.4 Å². The molecule has 0 radical (unpaired) electrons. The van der Waals surface area contributed by atoms with E-state index in [4.69, 9.17) is 0 Å². The summed E-state index contributed by atoms with van der Waals surface area (Å²) in [7, 11) is 0. The molecule has 7 heteroatoms. The Hall–Kier alpha value is -2.54. The molecule has 1 amide bonds. The molecule has 0 spiro atoms. The van der Waals surface area contributed by atoms with Gasteiger partial charge in [0.1, 0.15) is 0 Å². The molecule has 0 aromatic heterocycles. The fourth-order valence-electron chi connectivity index (χ4n) is 2.97. The number of benzene rings is 2. The van der Waals surface area contributed by atoms with Gasteiger partial charge in [-0.25, -0.2) is 0 Å². The summed E-state index contributed by atoms with van der Waals surface area (Å²) in [6, 6.07) is 12.7. The van der Waals surface area contributed by atoms with Crippen LogP contribution in [0.25, 0.3) is 6.08 Å². The van der Waals surface area contributed by atoms with Crippen LogP contribution in [0.3, 0.4) is 0 Å². The second kappa shape index (κ2) is 6.32. The van der Waals surface area contributed by atoms with Gasteiger partial charge in [-0.2, -0.15) is 18.2 Å². The molecule has 0 atom stereocenters. The van der Waals surface area contributed by atoms with Crippen molar-refractivity contribution in [2.24, 2.45) is 4.99 Å². The number of anilines is 1. The highest BCUT2D eigenvalue weighted by molar-refractivity contribution is 8.18. The highest BCUT2D eigenvalue weighted by atomic mass is 32.2. The summed E-state index contributed by atoms with van der Waals surface area (Å²) in [5.41, 5.74) is 2.08. The molecule has 0 bridgehead atoms. The zero-order valence-electron chi connectivity index (χ0n) is 13.5. The number of alkyl halides is 3. The molecule has 0 unspecified atom stereocenters. The van der Waals surface area contributed by atoms with Crippen LogP contribution in [-0.4, -0.2) is 17.6 Å². The Kier molecular flexibility index (Phi) is 4.11. The Balaban J connectivity index is 1.54. The molecule has 3 nitrogen and oxygen atoms in total. The molecule has 0 aliphatic carbocycles. The molecule has 0 saturated heterocycles. The lowest BCUT2D eigenvalue weighted by molar-refractivity contribution is -0.137. The van der Waals surface area contributed by atoms with Gasteiger partial charge in [0.15, 0.2) is 5.17 Å². The van der Waals surface area contributed by atoms with Crippen LogP contribution in [0.2, 0.25) is 0 Å². The number of amides is 1. The van der Waals surface area contributed by atoms with Crippen LogP contribution in [0.1, 0.15) is 16.7 Å². The number of hydrogen-bond acceptors (Lipinski definition) is 3. The SMILES string of the molecule is O=C1N=C(N2CCc3ccccc32)SC1=Cc1ccc(C(F)(F)F)cc1. The maximum atomic E-state index is 12.6. The Morgan fingerprint density at radius 2 is 1.81 bits per heavy atom. The zero-order valence-corrected chi connectivity index (χ0v) is 14.3. The molecule has 0 saturated carbocycles. The summed E-state index contributed by atoms with van der Waals surface area (Å²) in [6.07, 6.45) is -1.91. The van der Waals surface area contributed by atoms with E-state index < -0.39 is 11.7 Å². The van der Waals surface area contributed by atoms with Crippen molar-refractivity contribution in [3.8, 4) is 0 Å². The summed E-state index contributed by atoms with van der Waals surface area (Å²) in [5, 5.41) is 0.609. The molecule has 2 aromatic rings. The van der Waals surface area contributed by atoms with E-state index in [0.717, 1.165) is 30.8 Å². The number of carbonyl (C=O) groups excluding carboxylic acids is 1. The lowest BCUT2D eigenvalue weighted by Gasteiger charge is -2.17. The quantitative estimate of drug-likeness (QED) is 0.676. The van der Waals surface area contributed by atoms with Gasteiger partial charge in [-0.15, -0.1) is 0 Å². The van der Waals surface area contributed by atoms with Crippen molar-refractivity contribution in [1.82, 2.24) is 0 Å². The fraction of sp³-hybridized carbons (Fsp3) is 0.158. The zero-order chi connectivity index (χ0) is 18.3. The average Bonchev–Trinajstić information content (AvgIpc) is 3.18. The second-order valence-electron chi connectivity index (χ2n) is 5.96. The normalized spacial score (nSPS) is 18.4. The first kappa shape index (κ1) is 16.9. The largest absolute Gasteiger partial charge is 0.416 e. The van der Waals surface area contributed by atoms with E-state index >= 15 is 0 Å². The number of aliphatic imine (C=N–C) groups is 1. The maximum absolute atomic E-state index is 12.6. The third kappa shape index (κ3) is 3.14. The van der Waals surface area contributed by atoms with E-state index in [0.29, 0.717) is 15.6 Å². The minimum Gasteiger partial charge on any atom is -0.320 e. The molecule has 2 aliphatic rings. The molecule has 2 aromatic carbocycles. The van der Waals surface area contributed by atoms with Crippen molar-refractivity contribution in [3.63, 3.8) is 0 Å². The predicted octanol–water partition coefficient (Wildman–Crippen LogP) is 4.74. The van der Waals surface area contributed by atoms with E-state index in [9.17, 15) is 18.0 Å². The van der Waals surface area contributed by atoms with Gasteiger partial charge in [-0.05, 0) is 53.6 Å². The fourth-order valence-corrected chi connectivity index (χ4v) is 3.92. The summed E-state index contributed by atoms with van der Waals surface area (Å²) in [4.78, 5) is 18.7. The van der Waals surface area contributed by atoms with E-state index in [-0.39, 0.29) is 5.91 Å². The number of para-hydroxylation sites is 1. The highest BCUT2D eigenvalue weighted by Gasteiger charge is 2.31. The van der Waals surface area contributed by atoms with Crippen LogP contribution in [-0.2, 0) is 17.4 Å². The average molecular weight is 374 g/mol. The third-order valence-electron chi connectivity index (χ3n) is 4.26. The number of carbonyl (C=O) groups is 1. The topological polar surface area (TPSA) is 32.7 Å². The summed E-state index contributed by atoms with van der Waals surface area (Å²) < 4.78 is 37.9. The van der Waals surface area contributed by atoms with Gasteiger partial charge in [-0.3, -0.25) is 4.79 Å². The van der Waals surface area contributed by atoms with Crippen LogP contribution in [0.4, 0.5) is 18.9 Å². The van der Waals surface area contributed by atoms with Crippen molar-refractivity contribution in [3.05, 3.63) is 70.1 Å². The van der Waals surface area contributed by atoms with Gasteiger partial charge < -0.3 is 4.90 Å². The summed E-state index contributed by atoms with van der Waals surface area (Å²) in [6.45, 7) is 0.756. The van der Waals surface area contributed by atoms with Crippen molar-refractivity contribution in [1.29, 1.82) is 0 Å². The molecule has 2 aliphatic heterocycles. The standard InChI is InChI=1S/C19H13F3N2OS/c20-19(21,22)14-7-5-12(6-8-14)11-16-17(25)23-18(26-16)24-10-9-13-3-1-2-4-15(13)24/h1-8,11H,9-10H2.